The summed E-state index contributed by atoms with van der Waals surface area (Å²) in [6.45, 7) is 9.22. The summed E-state index contributed by atoms with van der Waals surface area (Å²) in [6.07, 6.45) is 1.84. The molecule has 0 aromatic rings. The molecule has 0 amide bonds. The molecule has 0 aromatic carbocycles. The molecule has 0 bridgehead atoms. The third kappa shape index (κ3) is 4.94. The molecule has 4 nitrogen and oxygen atoms in total. The summed E-state index contributed by atoms with van der Waals surface area (Å²) in [5.41, 5.74) is -0.642. The van der Waals surface area contributed by atoms with E-state index in [0.29, 0.717) is 13.0 Å². The Hall–Kier alpha value is -0.610. The van der Waals surface area contributed by atoms with Crippen molar-refractivity contribution in [3.05, 3.63) is 0 Å². The monoisotopic (exact) mass is 231 g/mol. The van der Waals surface area contributed by atoms with Crippen LogP contribution in [0.3, 0.4) is 0 Å². The zero-order valence-electron chi connectivity index (χ0n) is 11.1. The van der Waals surface area contributed by atoms with Crippen molar-refractivity contribution in [2.45, 2.75) is 52.2 Å². The molecule has 4 heteroatoms. The number of hydrogen-bond acceptors (Lipinski definition) is 4. The van der Waals surface area contributed by atoms with Crippen molar-refractivity contribution in [2.24, 2.45) is 0 Å². The van der Waals surface area contributed by atoms with E-state index in [1.165, 1.54) is 7.11 Å². The van der Waals surface area contributed by atoms with Gasteiger partial charge in [-0.25, -0.2) is 0 Å². The van der Waals surface area contributed by atoms with Crippen molar-refractivity contribution in [3.8, 4) is 0 Å². The van der Waals surface area contributed by atoms with Gasteiger partial charge in [-0.1, -0.05) is 13.8 Å². The number of esters is 1. The highest BCUT2D eigenvalue weighted by Crippen LogP contribution is 2.13. The lowest BCUT2D eigenvalue weighted by molar-refractivity contribution is -0.149. The quantitative estimate of drug-likeness (QED) is 0.646. The first-order chi connectivity index (χ1) is 7.50. The second-order valence-corrected chi connectivity index (χ2v) is 4.19. The number of carbonyl (C=O) groups is 1. The fourth-order valence-corrected chi connectivity index (χ4v) is 1.46. The van der Waals surface area contributed by atoms with Gasteiger partial charge in [0.2, 0.25) is 0 Å². The maximum Gasteiger partial charge on any atom is 0.325 e. The van der Waals surface area contributed by atoms with Crippen molar-refractivity contribution in [1.29, 1.82) is 0 Å². The Kier molecular flexibility index (Phi) is 7.34. The molecule has 0 radical (unpaired) electrons. The lowest BCUT2D eigenvalue weighted by Gasteiger charge is -2.27. The van der Waals surface area contributed by atoms with Gasteiger partial charge < -0.3 is 14.8 Å². The first kappa shape index (κ1) is 15.4. The summed E-state index contributed by atoms with van der Waals surface area (Å²) in [5.74, 6) is -0.234. The van der Waals surface area contributed by atoms with Gasteiger partial charge in [0.15, 0.2) is 0 Å². The van der Waals surface area contributed by atoms with Crippen LogP contribution in [0.2, 0.25) is 0 Å². The topological polar surface area (TPSA) is 47.6 Å². The van der Waals surface area contributed by atoms with Gasteiger partial charge in [0.05, 0.1) is 13.2 Å². The Morgan fingerprint density at radius 2 is 2.06 bits per heavy atom. The van der Waals surface area contributed by atoms with E-state index in [9.17, 15) is 4.79 Å². The van der Waals surface area contributed by atoms with Crippen LogP contribution < -0.4 is 5.32 Å². The first-order valence-corrected chi connectivity index (χ1v) is 5.95. The predicted octanol–water partition coefficient (Wildman–Crippen LogP) is 1.73. The average Bonchev–Trinajstić information content (AvgIpc) is 2.27. The minimum Gasteiger partial charge on any atom is -0.468 e. The molecule has 16 heavy (non-hydrogen) atoms. The van der Waals surface area contributed by atoms with E-state index in [1.54, 1.807) is 0 Å². The minimum absolute atomic E-state index is 0.234. The fourth-order valence-electron chi connectivity index (χ4n) is 1.46. The zero-order valence-corrected chi connectivity index (χ0v) is 11.1. The normalized spacial score (nSPS) is 16.6. The Bertz CT molecular complexity index is 208. The summed E-state index contributed by atoms with van der Waals surface area (Å²) in [5, 5.41) is 3.15. The van der Waals surface area contributed by atoms with E-state index >= 15 is 0 Å². The molecule has 0 saturated heterocycles. The van der Waals surface area contributed by atoms with Crippen LogP contribution in [0.25, 0.3) is 0 Å². The standard InChI is InChI=1S/C12H25NO3/c1-6-10(3)16-9-8-12(4,13-7-2)11(14)15-5/h10,13H,6-9H2,1-5H3. The summed E-state index contributed by atoms with van der Waals surface area (Å²) in [6, 6.07) is 0. The third-order valence-corrected chi connectivity index (χ3v) is 2.78. The molecule has 0 spiro atoms. The summed E-state index contributed by atoms with van der Waals surface area (Å²) < 4.78 is 10.4. The van der Waals surface area contributed by atoms with E-state index in [0.717, 1.165) is 13.0 Å². The van der Waals surface area contributed by atoms with Gasteiger partial charge in [0.1, 0.15) is 5.54 Å². The summed E-state index contributed by atoms with van der Waals surface area (Å²) in [4.78, 5) is 11.6. The van der Waals surface area contributed by atoms with Crippen LogP contribution in [0.15, 0.2) is 0 Å². The smallest absolute Gasteiger partial charge is 0.325 e. The summed E-state index contributed by atoms with van der Waals surface area (Å²) >= 11 is 0. The molecule has 0 aliphatic rings. The first-order valence-electron chi connectivity index (χ1n) is 5.95. The fraction of sp³-hybridized carbons (Fsp3) is 0.917. The second-order valence-electron chi connectivity index (χ2n) is 4.19. The number of hydrogen-bond donors (Lipinski definition) is 1. The molecule has 1 N–H and O–H groups in total. The molecule has 0 fully saturated rings. The Labute approximate surface area is 98.7 Å². The van der Waals surface area contributed by atoms with Gasteiger partial charge in [0, 0.05) is 6.61 Å². The minimum atomic E-state index is -0.642. The molecule has 0 saturated carbocycles. The highest BCUT2D eigenvalue weighted by Gasteiger charge is 2.32. The van der Waals surface area contributed by atoms with E-state index < -0.39 is 5.54 Å². The van der Waals surface area contributed by atoms with Gasteiger partial charge in [-0.05, 0) is 33.2 Å². The van der Waals surface area contributed by atoms with Gasteiger partial charge >= 0.3 is 5.97 Å². The van der Waals surface area contributed by atoms with E-state index in [-0.39, 0.29) is 12.1 Å². The zero-order chi connectivity index (χ0) is 12.6. The van der Waals surface area contributed by atoms with Crippen LogP contribution in [-0.2, 0) is 14.3 Å². The van der Waals surface area contributed by atoms with Crippen molar-refractivity contribution in [2.75, 3.05) is 20.3 Å². The predicted molar refractivity (Wildman–Crippen MR) is 64.4 cm³/mol. The molecular formula is C12H25NO3. The summed E-state index contributed by atoms with van der Waals surface area (Å²) in [7, 11) is 1.41. The second kappa shape index (κ2) is 7.63. The molecule has 0 rings (SSSR count). The van der Waals surface area contributed by atoms with Gasteiger partial charge in [-0.3, -0.25) is 4.79 Å². The van der Waals surface area contributed by atoms with Crippen LogP contribution in [0, 0.1) is 0 Å². The maximum absolute atomic E-state index is 11.6. The number of nitrogens with one attached hydrogen (secondary N) is 1. The Balaban J connectivity index is 4.17. The van der Waals surface area contributed by atoms with Crippen molar-refractivity contribution in [3.63, 3.8) is 0 Å². The van der Waals surface area contributed by atoms with Gasteiger partial charge in [-0.2, -0.15) is 0 Å². The highest BCUT2D eigenvalue weighted by molar-refractivity contribution is 5.80. The number of ether oxygens (including phenoxy) is 2. The molecule has 0 aromatic heterocycles. The van der Waals surface area contributed by atoms with E-state index in [2.05, 4.69) is 12.2 Å². The molecule has 2 unspecified atom stereocenters. The van der Waals surface area contributed by atoms with Gasteiger partial charge in [-0.15, -0.1) is 0 Å². The van der Waals surface area contributed by atoms with Crippen molar-refractivity contribution < 1.29 is 14.3 Å². The van der Waals surface area contributed by atoms with E-state index in [4.69, 9.17) is 9.47 Å². The van der Waals surface area contributed by atoms with Crippen LogP contribution in [0.1, 0.15) is 40.5 Å². The van der Waals surface area contributed by atoms with Crippen LogP contribution in [0.4, 0.5) is 0 Å². The molecule has 2 atom stereocenters. The van der Waals surface area contributed by atoms with Crippen LogP contribution >= 0.6 is 0 Å². The van der Waals surface area contributed by atoms with Crippen LogP contribution in [0.5, 0.6) is 0 Å². The lowest BCUT2D eigenvalue weighted by atomic mass is 9.98. The average molecular weight is 231 g/mol. The number of carbonyl (C=O) groups excluding carboxylic acids is 1. The highest BCUT2D eigenvalue weighted by atomic mass is 16.5. The van der Waals surface area contributed by atoms with Gasteiger partial charge in [0.25, 0.3) is 0 Å². The molecule has 0 heterocycles. The lowest BCUT2D eigenvalue weighted by Crippen LogP contribution is -2.51. The SMILES string of the molecule is CCNC(C)(CCOC(C)CC)C(=O)OC. The van der Waals surface area contributed by atoms with Crippen molar-refractivity contribution in [1.82, 2.24) is 5.32 Å². The Morgan fingerprint density at radius 1 is 1.44 bits per heavy atom. The van der Waals surface area contributed by atoms with Crippen molar-refractivity contribution >= 4 is 5.97 Å². The maximum atomic E-state index is 11.6. The number of methoxy groups -OCH3 is 1. The van der Waals surface area contributed by atoms with E-state index in [1.807, 2.05) is 20.8 Å². The number of rotatable bonds is 8. The molecular weight excluding hydrogens is 206 g/mol. The largest absolute Gasteiger partial charge is 0.468 e. The molecule has 96 valence electrons. The molecule has 0 aliphatic carbocycles. The molecule has 0 aliphatic heterocycles. The third-order valence-electron chi connectivity index (χ3n) is 2.78. The number of likely N-dealkylation sites (N-methyl/N-ethyl adjacent to an activating group) is 1. The Morgan fingerprint density at radius 3 is 2.50 bits per heavy atom. The van der Waals surface area contributed by atoms with Crippen LogP contribution in [-0.4, -0.2) is 37.9 Å².